The molecule has 0 aromatic rings. The van der Waals surface area contributed by atoms with Crippen molar-refractivity contribution in [3.05, 3.63) is 0 Å². The van der Waals surface area contributed by atoms with E-state index in [0.29, 0.717) is 31.2 Å². The van der Waals surface area contributed by atoms with Crippen LogP contribution in [-0.2, 0) is 14.3 Å². The number of likely N-dealkylation sites (tertiary alicyclic amines) is 2. The number of nitrogens with zero attached hydrogens (tertiary/aromatic N) is 3. The van der Waals surface area contributed by atoms with Crippen LogP contribution in [0.1, 0.15) is 59.8 Å². The summed E-state index contributed by atoms with van der Waals surface area (Å²) in [5.41, 5.74) is 0. The lowest BCUT2D eigenvalue weighted by atomic mass is 9.95. The average Bonchev–Trinajstić information content (AvgIpc) is 2.60. The molecule has 0 N–H and O–H groups in total. The van der Waals surface area contributed by atoms with E-state index in [1.54, 1.807) is 4.90 Å². The summed E-state index contributed by atoms with van der Waals surface area (Å²) in [4.78, 5) is 31.7. The minimum Gasteiger partial charge on any atom is -0.373 e. The molecular weight excluding hydrogens is 342 g/mol. The number of carbonyl (C=O) groups excluding carboxylic acids is 2. The van der Waals surface area contributed by atoms with Crippen molar-refractivity contribution in [1.29, 1.82) is 0 Å². The molecule has 154 valence electrons. The summed E-state index contributed by atoms with van der Waals surface area (Å²) in [6.45, 7) is 12.9. The van der Waals surface area contributed by atoms with Crippen molar-refractivity contribution in [2.24, 2.45) is 5.92 Å². The van der Waals surface area contributed by atoms with Crippen LogP contribution in [0, 0.1) is 5.92 Å². The summed E-state index contributed by atoms with van der Waals surface area (Å²) >= 11 is 0. The molecule has 3 aliphatic heterocycles. The number of rotatable bonds is 2. The van der Waals surface area contributed by atoms with Crippen molar-refractivity contribution in [3.8, 4) is 0 Å². The first kappa shape index (κ1) is 20.6. The van der Waals surface area contributed by atoms with E-state index in [4.69, 9.17) is 4.74 Å². The Bertz CT molecular complexity index is 513. The van der Waals surface area contributed by atoms with Crippen LogP contribution in [0.3, 0.4) is 0 Å². The lowest BCUT2D eigenvalue weighted by Crippen LogP contribution is -2.55. The standard InChI is InChI=1S/C21H37N3O3/c1-15-6-5-7-16(2)24(15)21(26)20(25)23-10-8-19(9-11-23)14-22-12-17(3)27-18(4)13-22/h15-19H,5-14H2,1-4H3/t15-,16+,17-,18+. The SMILES string of the molecule is C[C@@H]1CN(CC2CCN(C(=O)C(=O)N3[C@H](C)CCC[C@@H]3C)CC2)C[C@H](C)O1. The maximum Gasteiger partial charge on any atom is 0.312 e. The molecule has 3 fully saturated rings. The Morgan fingerprint density at radius 3 is 1.96 bits per heavy atom. The van der Waals surface area contributed by atoms with E-state index in [-0.39, 0.29) is 23.9 Å². The quantitative estimate of drug-likeness (QED) is 0.690. The monoisotopic (exact) mass is 379 g/mol. The Morgan fingerprint density at radius 2 is 1.41 bits per heavy atom. The molecule has 4 atom stereocenters. The zero-order chi connectivity index (χ0) is 19.6. The van der Waals surface area contributed by atoms with Gasteiger partial charge in [0.25, 0.3) is 0 Å². The van der Waals surface area contributed by atoms with Gasteiger partial charge in [0.15, 0.2) is 0 Å². The maximum absolute atomic E-state index is 12.8. The molecule has 0 aliphatic carbocycles. The Hall–Kier alpha value is -1.14. The molecule has 6 heteroatoms. The van der Waals surface area contributed by atoms with Gasteiger partial charge >= 0.3 is 11.8 Å². The number of piperidine rings is 2. The molecule has 6 nitrogen and oxygen atoms in total. The number of carbonyl (C=O) groups is 2. The van der Waals surface area contributed by atoms with Crippen LogP contribution in [0.4, 0.5) is 0 Å². The lowest BCUT2D eigenvalue weighted by molar-refractivity contribution is -0.156. The smallest absolute Gasteiger partial charge is 0.312 e. The van der Waals surface area contributed by atoms with Gasteiger partial charge in [-0.1, -0.05) is 0 Å². The summed E-state index contributed by atoms with van der Waals surface area (Å²) in [7, 11) is 0. The number of hydrogen-bond donors (Lipinski definition) is 0. The highest BCUT2D eigenvalue weighted by molar-refractivity contribution is 6.35. The molecular formula is C21H37N3O3. The van der Waals surface area contributed by atoms with Gasteiger partial charge in [-0.25, -0.2) is 0 Å². The predicted molar refractivity (Wildman–Crippen MR) is 105 cm³/mol. The van der Waals surface area contributed by atoms with Crippen LogP contribution in [0.2, 0.25) is 0 Å². The Labute approximate surface area is 164 Å². The van der Waals surface area contributed by atoms with Crippen LogP contribution in [-0.4, -0.2) is 83.5 Å². The summed E-state index contributed by atoms with van der Waals surface area (Å²) in [5.74, 6) is 0.0288. The van der Waals surface area contributed by atoms with Gasteiger partial charge in [-0.05, 0) is 65.7 Å². The van der Waals surface area contributed by atoms with Gasteiger partial charge < -0.3 is 14.5 Å². The molecule has 3 rings (SSSR count). The Balaban J connectivity index is 1.48. The third-order valence-corrected chi connectivity index (χ3v) is 6.52. The fourth-order valence-corrected chi connectivity index (χ4v) is 5.18. The Morgan fingerprint density at radius 1 is 0.852 bits per heavy atom. The van der Waals surface area contributed by atoms with Crippen molar-refractivity contribution < 1.29 is 14.3 Å². The van der Waals surface area contributed by atoms with Crippen molar-refractivity contribution in [2.75, 3.05) is 32.7 Å². The summed E-state index contributed by atoms with van der Waals surface area (Å²) in [5, 5.41) is 0. The van der Waals surface area contributed by atoms with Gasteiger partial charge in [-0.15, -0.1) is 0 Å². The first-order valence-corrected chi connectivity index (χ1v) is 10.8. The molecule has 0 aromatic heterocycles. The zero-order valence-electron chi connectivity index (χ0n) is 17.5. The first-order valence-electron chi connectivity index (χ1n) is 10.8. The minimum absolute atomic E-state index is 0.174. The van der Waals surface area contributed by atoms with Crippen LogP contribution in [0.5, 0.6) is 0 Å². The van der Waals surface area contributed by atoms with Gasteiger partial charge in [0.1, 0.15) is 0 Å². The highest BCUT2D eigenvalue weighted by Gasteiger charge is 2.36. The molecule has 27 heavy (non-hydrogen) atoms. The predicted octanol–water partition coefficient (Wildman–Crippen LogP) is 2.12. The van der Waals surface area contributed by atoms with Crippen LogP contribution < -0.4 is 0 Å². The van der Waals surface area contributed by atoms with E-state index >= 15 is 0 Å². The molecule has 0 saturated carbocycles. The fraction of sp³-hybridized carbons (Fsp3) is 0.905. The van der Waals surface area contributed by atoms with Crippen molar-refractivity contribution in [1.82, 2.24) is 14.7 Å². The fourth-order valence-electron chi connectivity index (χ4n) is 5.18. The van der Waals surface area contributed by atoms with Crippen molar-refractivity contribution >= 4 is 11.8 Å². The second kappa shape index (κ2) is 8.91. The van der Waals surface area contributed by atoms with Gasteiger partial charge in [0.2, 0.25) is 0 Å². The van der Waals surface area contributed by atoms with Gasteiger partial charge in [0, 0.05) is 44.8 Å². The van der Waals surface area contributed by atoms with Crippen LogP contribution in [0.25, 0.3) is 0 Å². The second-order valence-electron chi connectivity index (χ2n) is 9.05. The number of hydrogen-bond acceptors (Lipinski definition) is 4. The van der Waals surface area contributed by atoms with E-state index in [2.05, 4.69) is 32.6 Å². The van der Waals surface area contributed by atoms with Crippen LogP contribution >= 0.6 is 0 Å². The molecule has 0 radical (unpaired) electrons. The second-order valence-corrected chi connectivity index (χ2v) is 9.05. The molecule has 0 unspecified atom stereocenters. The minimum atomic E-state index is -0.289. The molecule has 2 amide bonds. The lowest BCUT2D eigenvalue weighted by Gasteiger charge is -2.41. The number of morpholine rings is 1. The summed E-state index contributed by atoms with van der Waals surface area (Å²) in [6.07, 6.45) is 5.71. The molecule has 0 spiro atoms. The molecule has 3 saturated heterocycles. The van der Waals surface area contributed by atoms with Gasteiger partial charge in [-0.3, -0.25) is 14.5 Å². The third kappa shape index (κ3) is 5.02. The summed E-state index contributed by atoms with van der Waals surface area (Å²) in [6, 6.07) is 0.348. The average molecular weight is 380 g/mol. The molecule has 0 aromatic carbocycles. The highest BCUT2D eigenvalue weighted by Crippen LogP contribution is 2.25. The first-order chi connectivity index (χ1) is 12.8. The number of ether oxygens (including phenoxy) is 1. The number of amides is 2. The van der Waals surface area contributed by atoms with Gasteiger partial charge in [0.05, 0.1) is 12.2 Å². The molecule has 3 heterocycles. The maximum atomic E-state index is 12.8. The Kier molecular flexibility index (Phi) is 6.79. The third-order valence-electron chi connectivity index (χ3n) is 6.52. The highest BCUT2D eigenvalue weighted by atomic mass is 16.5. The van der Waals surface area contributed by atoms with E-state index < -0.39 is 0 Å². The van der Waals surface area contributed by atoms with E-state index in [1.165, 1.54) is 0 Å². The van der Waals surface area contributed by atoms with Crippen molar-refractivity contribution in [3.63, 3.8) is 0 Å². The normalized spacial score (nSPS) is 33.9. The zero-order valence-corrected chi connectivity index (χ0v) is 17.5. The molecule has 3 aliphatic rings. The van der Waals surface area contributed by atoms with Gasteiger partial charge in [-0.2, -0.15) is 0 Å². The van der Waals surface area contributed by atoms with Crippen molar-refractivity contribution in [2.45, 2.75) is 84.1 Å². The van der Waals surface area contributed by atoms with E-state index in [1.807, 2.05) is 4.90 Å². The largest absolute Gasteiger partial charge is 0.373 e. The van der Waals surface area contributed by atoms with Crippen LogP contribution in [0.15, 0.2) is 0 Å². The van der Waals surface area contributed by atoms with E-state index in [9.17, 15) is 9.59 Å². The van der Waals surface area contributed by atoms with E-state index in [0.717, 1.165) is 51.7 Å². The topological polar surface area (TPSA) is 53.1 Å². The molecule has 0 bridgehead atoms. The summed E-state index contributed by atoms with van der Waals surface area (Å²) < 4.78 is 5.82.